The molecule has 0 saturated heterocycles. The van der Waals surface area contributed by atoms with Gasteiger partial charge in [0.1, 0.15) is 0 Å². The molecule has 0 unspecified atom stereocenters. The lowest BCUT2D eigenvalue weighted by atomic mass is 10.4. The third-order valence-corrected chi connectivity index (χ3v) is 20.5. The van der Waals surface area contributed by atoms with Gasteiger partial charge in [0, 0.05) is 0 Å². The van der Waals surface area contributed by atoms with E-state index in [4.69, 9.17) is 16.5 Å². The van der Waals surface area contributed by atoms with Crippen molar-refractivity contribution < 1.29 is 16.5 Å². The summed E-state index contributed by atoms with van der Waals surface area (Å²) in [5, 5.41) is 0. The normalized spacial score (nSPS) is 10.9. The molecule has 0 radical (unpaired) electrons. The van der Waals surface area contributed by atoms with Crippen molar-refractivity contribution in [2.45, 2.75) is 165 Å². The highest BCUT2D eigenvalue weighted by molar-refractivity contribution is 6.90. The second-order valence-corrected chi connectivity index (χ2v) is 29.8. The fourth-order valence-corrected chi connectivity index (χ4v) is 26.7. The summed E-state index contributed by atoms with van der Waals surface area (Å²) < 4.78 is 26.2. The fourth-order valence-electron chi connectivity index (χ4n) is 3.18. The molecule has 0 aromatic heterocycles. The van der Waals surface area contributed by atoms with Gasteiger partial charge in [0.2, 0.25) is 0 Å². The van der Waals surface area contributed by atoms with Gasteiger partial charge in [0.25, 0.3) is 0 Å². The van der Waals surface area contributed by atoms with Crippen molar-refractivity contribution in [3.8, 4) is 0 Å². The molecule has 0 aliphatic rings. The summed E-state index contributed by atoms with van der Waals surface area (Å²) in [6, 6.07) is 1.01. The summed E-state index contributed by atoms with van der Waals surface area (Å²) in [6.07, 6.45) is 2.29. The Morgan fingerprint density at radius 1 is 0.424 bits per heavy atom. The molecule has 0 bridgehead atoms. The first-order valence-corrected chi connectivity index (χ1v) is 24.2. The molecule has 0 amide bonds. The van der Waals surface area contributed by atoms with Crippen LogP contribution in [0.2, 0.25) is 78.1 Å². The maximum absolute atomic E-state index is 6.69. The molecule has 0 atom stereocenters. The minimum absolute atomic E-state index is 0. The first-order chi connectivity index (χ1) is 10.4. The van der Waals surface area contributed by atoms with Crippen molar-refractivity contribution in [2.24, 2.45) is 0 Å². The third kappa shape index (κ3) is 35.2. The van der Waals surface area contributed by atoms with Crippen LogP contribution in [0.3, 0.4) is 0 Å². The van der Waals surface area contributed by atoms with Crippen molar-refractivity contribution in [2.75, 3.05) is 0 Å². The monoisotopic (exact) mass is 570 g/mol. The van der Waals surface area contributed by atoms with Crippen molar-refractivity contribution in [1.82, 2.24) is 0 Å². The molecule has 0 aliphatic heterocycles. The van der Waals surface area contributed by atoms with Gasteiger partial charge in [-0.05, 0) is 78.1 Å². The summed E-state index contributed by atoms with van der Waals surface area (Å²) in [6.45, 7) is 26.5. The largest absolute Gasteiger partial charge is 0.437 e. The Bertz CT molecular complexity index is 363. The Morgan fingerprint density at radius 3 is 0.848 bits per heavy atom. The maximum atomic E-state index is 6.69. The molecule has 0 aliphatic carbocycles. The molecule has 9 heteroatoms. The van der Waals surface area contributed by atoms with E-state index in [1.165, 1.54) is 0 Å². The van der Waals surface area contributed by atoms with Gasteiger partial charge in [-0.15, -0.1) is 0 Å². The second-order valence-electron chi connectivity index (χ2n) is 9.67. The smallest absolute Gasteiger partial charge is 0.317 e. The van der Waals surface area contributed by atoms with E-state index in [9.17, 15) is 0 Å². The highest BCUT2D eigenvalue weighted by Crippen LogP contribution is 2.29. The number of unbranched alkanes of at least 4 members (excludes halogenated alkanes) is 1. The number of rotatable bonds is 11. The molecule has 33 heavy (non-hydrogen) atoms. The Morgan fingerprint density at radius 2 is 0.667 bits per heavy atom. The van der Waals surface area contributed by atoms with Crippen LogP contribution in [0.25, 0.3) is 0 Å². The van der Waals surface area contributed by atoms with E-state index in [2.05, 4.69) is 78.9 Å². The van der Waals surface area contributed by atoms with Gasteiger partial charge in [-0.2, -0.15) is 0 Å². The molecule has 0 N–H and O–H groups in total. The van der Waals surface area contributed by atoms with E-state index in [0.717, 1.165) is 18.9 Å². The maximum Gasteiger partial charge on any atom is 0.317 e. The van der Waals surface area contributed by atoms with Crippen molar-refractivity contribution >= 4 is 42.3 Å². The molecule has 0 aromatic carbocycles. The standard InChI is InChI=1S/C15H42O4Si5.9CH4/c1-13-14-15-24(12,18-22(8,9)16-20(2,3)4)19-23(10,11)17-21(5,6)7;;;;;;;;;/h13-15H2,1-12H3;9*1H4. The van der Waals surface area contributed by atoms with Crippen LogP contribution in [-0.4, -0.2) is 42.3 Å². The molecular weight excluding hydrogens is 493 g/mol. The lowest BCUT2D eigenvalue weighted by molar-refractivity contribution is 0.292. The lowest BCUT2D eigenvalue weighted by Gasteiger charge is -2.43. The van der Waals surface area contributed by atoms with Gasteiger partial charge in [-0.25, -0.2) is 0 Å². The third-order valence-electron chi connectivity index (χ3n) is 3.01. The Labute approximate surface area is 223 Å². The van der Waals surface area contributed by atoms with E-state index < -0.39 is 42.3 Å². The minimum Gasteiger partial charge on any atom is -0.437 e. The SMILES string of the molecule is C.C.C.C.C.C.C.C.C.CCCC[Si](C)(O[Si](C)(C)O[Si](C)(C)C)O[Si](C)(C)O[Si](C)(C)C. The summed E-state index contributed by atoms with van der Waals surface area (Å²) in [5.74, 6) is 0. The van der Waals surface area contributed by atoms with E-state index in [1.807, 2.05) is 0 Å². The van der Waals surface area contributed by atoms with Gasteiger partial charge in [0.15, 0.2) is 16.6 Å². The fraction of sp³-hybridized carbons (Fsp3) is 1.00. The average molecular weight is 571 g/mol. The zero-order valence-electron chi connectivity index (χ0n) is 18.3. The van der Waals surface area contributed by atoms with Crippen LogP contribution in [0.1, 0.15) is 86.6 Å². The quantitative estimate of drug-likeness (QED) is 0.231. The summed E-state index contributed by atoms with van der Waals surface area (Å²) >= 11 is 0. The van der Waals surface area contributed by atoms with Gasteiger partial charge in [0.05, 0.1) is 0 Å². The van der Waals surface area contributed by atoms with Gasteiger partial charge in [-0.3, -0.25) is 0 Å². The molecular formula is C24H78O4Si5. The Hall–Kier alpha value is 0.924. The van der Waals surface area contributed by atoms with Crippen LogP contribution < -0.4 is 0 Å². The molecule has 0 saturated carbocycles. The number of hydrogen-bond acceptors (Lipinski definition) is 4. The predicted molar refractivity (Wildman–Crippen MR) is 178 cm³/mol. The van der Waals surface area contributed by atoms with Crippen LogP contribution in [0.4, 0.5) is 0 Å². The summed E-state index contributed by atoms with van der Waals surface area (Å²) in [4.78, 5) is 0. The van der Waals surface area contributed by atoms with Crippen molar-refractivity contribution in [1.29, 1.82) is 0 Å². The van der Waals surface area contributed by atoms with Crippen molar-refractivity contribution in [3.63, 3.8) is 0 Å². The van der Waals surface area contributed by atoms with E-state index in [0.29, 0.717) is 0 Å². The van der Waals surface area contributed by atoms with Gasteiger partial charge < -0.3 is 16.5 Å². The average Bonchev–Trinajstić information content (AvgIpc) is 2.16. The van der Waals surface area contributed by atoms with Crippen LogP contribution >= 0.6 is 0 Å². The molecule has 218 valence electrons. The van der Waals surface area contributed by atoms with E-state index >= 15 is 0 Å². The van der Waals surface area contributed by atoms with E-state index in [-0.39, 0.29) is 66.8 Å². The van der Waals surface area contributed by atoms with Gasteiger partial charge in [-0.1, -0.05) is 86.6 Å². The first kappa shape index (κ1) is 64.2. The summed E-state index contributed by atoms with van der Waals surface area (Å²) in [7, 11) is -10.00. The molecule has 0 spiro atoms. The topological polar surface area (TPSA) is 36.9 Å². The molecule has 0 fully saturated rings. The minimum atomic E-state index is -2.32. The highest BCUT2D eigenvalue weighted by Gasteiger charge is 2.46. The van der Waals surface area contributed by atoms with E-state index in [1.54, 1.807) is 0 Å². The number of hydrogen-bond donors (Lipinski definition) is 0. The zero-order chi connectivity index (χ0) is 19.4. The first-order valence-electron chi connectivity index (χ1n) is 9.19. The molecule has 0 rings (SSSR count). The van der Waals surface area contributed by atoms with Crippen LogP contribution in [-0.2, 0) is 16.5 Å². The van der Waals surface area contributed by atoms with Crippen LogP contribution in [0.5, 0.6) is 0 Å². The van der Waals surface area contributed by atoms with Gasteiger partial charge >= 0.3 is 25.7 Å². The van der Waals surface area contributed by atoms with Crippen molar-refractivity contribution in [3.05, 3.63) is 0 Å². The molecule has 0 heterocycles. The summed E-state index contributed by atoms with van der Waals surface area (Å²) in [5.41, 5.74) is 0. The highest BCUT2D eigenvalue weighted by atomic mass is 28.5. The molecule has 0 aromatic rings. The molecule has 4 nitrogen and oxygen atoms in total. The zero-order valence-corrected chi connectivity index (χ0v) is 23.3. The second kappa shape index (κ2) is 23.3. The lowest BCUT2D eigenvalue weighted by Crippen LogP contribution is -2.59. The Balaban J connectivity index is -0.0000000735. The predicted octanol–water partition coefficient (Wildman–Crippen LogP) is 11.7. The van der Waals surface area contributed by atoms with Crippen LogP contribution in [0, 0.1) is 0 Å². The van der Waals surface area contributed by atoms with Crippen LogP contribution in [0.15, 0.2) is 0 Å². The Kier molecular flexibility index (Phi) is 45.4.